The van der Waals surface area contributed by atoms with Gasteiger partial charge < -0.3 is 10.1 Å². The molecule has 0 radical (unpaired) electrons. The van der Waals surface area contributed by atoms with Crippen LogP contribution in [0.5, 0.6) is 5.75 Å². The van der Waals surface area contributed by atoms with Crippen molar-refractivity contribution in [2.45, 2.75) is 6.04 Å². The van der Waals surface area contributed by atoms with Gasteiger partial charge in [-0.2, -0.15) is 0 Å². The second kappa shape index (κ2) is 7.48. The lowest BCUT2D eigenvalue weighted by Crippen LogP contribution is -2.44. The van der Waals surface area contributed by atoms with Crippen LogP contribution < -0.4 is 10.1 Å². The highest BCUT2D eigenvalue weighted by Gasteiger charge is 2.24. The van der Waals surface area contributed by atoms with Gasteiger partial charge in [-0.25, -0.2) is 4.39 Å². The Morgan fingerprint density at radius 3 is 2.68 bits per heavy atom. The van der Waals surface area contributed by atoms with Gasteiger partial charge in [-0.1, -0.05) is 12.1 Å². The first kappa shape index (κ1) is 16.0. The Bertz CT molecular complexity index is 422. The molecule has 1 aromatic carbocycles. The summed E-state index contributed by atoms with van der Waals surface area (Å²) in [5, 5.41) is 3.29. The lowest BCUT2D eigenvalue weighted by atomic mass is 10.0. The van der Waals surface area contributed by atoms with Crippen LogP contribution in [-0.2, 0) is 0 Å². The van der Waals surface area contributed by atoms with Crippen molar-refractivity contribution >= 4 is 12.4 Å². The maximum atomic E-state index is 14.1. The first-order valence-corrected chi connectivity index (χ1v) is 6.17. The highest BCUT2D eigenvalue weighted by Crippen LogP contribution is 2.32. The molecule has 19 heavy (non-hydrogen) atoms. The molecule has 1 saturated heterocycles. The van der Waals surface area contributed by atoms with Crippen molar-refractivity contribution < 1.29 is 9.13 Å². The Morgan fingerprint density at radius 1 is 1.42 bits per heavy atom. The summed E-state index contributed by atoms with van der Waals surface area (Å²) in [6.07, 6.45) is 1.78. The highest BCUT2D eigenvalue weighted by atomic mass is 35.5. The van der Waals surface area contributed by atoms with Gasteiger partial charge in [-0.3, -0.25) is 4.90 Å². The third-order valence-corrected chi connectivity index (χ3v) is 3.30. The summed E-state index contributed by atoms with van der Waals surface area (Å²) in [4.78, 5) is 2.21. The van der Waals surface area contributed by atoms with E-state index in [9.17, 15) is 4.39 Å². The number of nitrogens with one attached hydrogen (secondary N) is 1. The van der Waals surface area contributed by atoms with Crippen molar-refractivity contribution in [1.29, 1.82) is 0 Å². The molecule has 0 bridgehead atoms. The molecule has 0 aromatic heterocycles. The number of hydrogen-bond donors (Lipinski definition) is 1. The van der Waals surface area contributed by atoms with Gasteiger partial charge in [0.15, 0.2) is 0 Å². The Labute approximate surface area is 119 Å². The SMILES string of the molecule is C=C[C@@H](c1c(F)cccc1OC)N1CCNCC1.Cl. The summed E-state index contributed by atoms with van der Waals surface area (Å²) in [7, 11) is 1.57. The van der Waals surface area contributed by atoms with Gasteiger partial charge in [-0.15, -0.1) is 19.0 Å². The molecule has 2 rings (SSSR count). The Kier molecular flexibility index (Phi) is 6.28. The number of halogens is 2. The van der Waals surface area contributed by atoms with Crippen LogP contribution in [0, 0.1) is 5.82 Å². The molecule has 0 unspecified atom stereocenters. The molecule has 0 amide bonds. The van der Waals surface area contributed by atoms with Gasteiger partial charge >= 0.3 is 0 Å². The molecule has 0 spiro atoms. The van der Waals surface area contributed by atoms with Crippen LogP contribution in [0.1, 0.15) is 11.6 Å². The van der Waals surface area contributed by atoms with Crippen LogP contribution in [0.3, 0.4) is 0 Å². The van der Waals surface area contributed by atoms with E-state index in [0.717, 1.165) is 26.2 Å². The van der Waals surface area contributed by atoms with E-state index in [1.807, 2.05) is 0 Å². The Balaban J connectivity index is 0.00000180. The topological polar surface area (TPSA) is 24.5 Å². The quantitative estimate of drug-likeness (QED) is 0.860. The minimum Gasteiger partial charge on any atom is -0.496 e. The minimum atomic E-state index is -0.238. The lowest BCUT2D eigenvalue weighted by molar-refractivity contribution is 0.197. The fourth-order valence-corrected chi connectivity index (χ4v) is 2.39. The molecule has 3 nitrogen and oxygen atoms in total. The summed E-state index contributed by atoms with van der Waals surface area (Å²) in [6, 6.07) is 4.78. The predicted molar refractivity (Wildman–Crippen MR) is 77.6 cm³/mol. The third-order valence-electron chi connectivity index (χ3n) is 3.30. The Hall–Kier alpha value is -1.10. The fraction of sp³-hybridized carbons (Fsp3) is 0.429. The molecule has 1 aliphatic heterocycles. The maximum Gasteiger partial charge on any atom is 0.132 e. The predicted octanol–water partition coefficient (Wildman–Crippen LogP) is 2.39. The first-order valence-electron chi connectivity index (χ1n) is 6.17. The monoisotopic (exact) mass is 286 g/mol. The average molecular weight is 287 g/mol. The standard InChI is InChI=1S/C14H19FN2O.ClH/c1-3-12(17-9-7-16-8-10-17)14-11(15)5-4-6-13(14)18-2;/h3-6,12,16H,1,7-10H2,2H3;1H/t12-;/m0./s1. The first-order chi connectivity index (χ1) is 8.77. The number of ether oxygens (including phenoxy) is 1. The largest absolute Gasteiger partial charge is 0.496 e. The smallest absolute Gasteiger partial charge is 0.132 e. The summed E-state index contributed by atoms with van der Waals surface area (Å²) in [5.41, 5.74) is 0.580. The van der Waals surface area contributed by atoms with Crippen molar-refractivity contribution in [3.05, 3.63) is 42.2 Å². The van der Waals surface area contributed by atoms with Gasteiger partial charge in [-0.05, 0) is 12.1 Å². The summed E-state index contributed by atoms with van der Waals surface area (Å²) >= 11 is 0. The molecule has 106 valence electrons. The molecular formula is C14H20ClFN2O. The van der Waals surface area contributed by atoms with Gasteiger partial charge in [0.2, 0.25) is 0 Å². The molecule has 1 heterocycles. The van der Waals surface area contributed by atoms with Crippen molar-refractivity contribution in [1.82, 2.24) is 10.2 Å². The Morgan fingerprint density at radius 2 is 2.11 bits per heavy atom. The zero-order valence-electron chi connectivity index (χ0n) is 11.1. The molecule has 5 heteroatoms. The molecule has 1 N–H and O–H groups in total. The fourth-order valence-electron chi connectivity index (χ4n) is 2.39. The maximum absolute atomic E-state index is 14.1. The highest BCUT2D eigenvalue weighted by molar-refractivity contribution is 5.85. The second-order valence-corrected chi connectivity index (χ2v) is 4.32. The van der Waals surface area contributed by atoms with E-state index in [4.69, 9.17) is 4.74 Å². The number of benzene rings is 1. The number of rotatable bonds is 4. The van der Waals surface area contributed by atoms with E-state index >= 15 is 0 Å². The van der Waals surface area contributed by atoms with Crippen LogP contribution >= 0.6 is 12.4 Å². The van der Waals surface area contributed by atoms with Crippen molar-refractivity contribution in [2.75, 3.05) is 33.3 Å². The van der Waals surface area contributed by atoms with Gasteiger partial charge in [0, 0.05) is 26.2 Å². The average Bonchev–Trinajstić information content (AvgIpc) is 2.42. The van der Waals surface area contributed by atoms with Crippen molar-refractivity contribution in [2.24, 2.45) is 0 Å². The lowest BCUT2D eigenvalue weighted by Gasteiger charge is -2.34. The van der Waals surface area contributed by atoms with Crippen molar-refractivity contribution in [3.63, 3.8) is 0 Å². The van der Waals surface area contributed by atoms with Gasteiger partial charge in [0.05, 0.1) is 18.7 Å². The summed E-state index contributed by atoms with van der Waals surface area (Å²) in [5.74, 6) is 0.344. The van der Waals surface area contributed by atoms with Crippen molar-refractivity contribution in [3.8, 4) is 5.75 Å². The van der Waals surface area contributed by atoms with Crippen LogP contribution in [-0.4, -0.2) is 38.2 Å². The van der Waals surface area contributed by atoms with E-state index in [1.54, 1.807) is 25.3 Å². The molecule has 1 fully saturated rings. The van der Waals surface area contributed by atoms with Gasteiger partial charge in [0.25, 0.3) is 0 Å². The minimum absolute atomic E-state index is 0. The molecule has 1 aromatic rings. The number of nitrogens with zero attached hydrogens (tertiary/aromatic N) is 1. The molecular weight excluding hydrogens is 267 g/mol. The van der Waals surface area contributed by atoms with Gasteiger partial charge in [0.1, 0.15) is 11.6 Å². The zero-order valence-corrected chi connectivity index (χ0v) is 11.9. The summed E-state index contributed by atoms with van der Waals surface area (Å²) < 4.78 is 19.3. The number of hydrogen-bond acceptors (Lipinski definition) is 3. The third kappa shape index (κ3) is 3.47. The molecule has 0 aliphatic carbocycles. The number of methoxy groups -OCH3 is 1. The molecule has 1 aliphatic rings. The normalized spacial score (nSPS) is 17.4. The zero-order chi connectivity index (χ0) is 13.0. The van der Waals surface area contributed by atoms with Crippen LogP contribution in [0.4, 0.5) is 4.39 Å². The van der Waals surface area contributed by atoms with E-state index in [0.29, 0.717) is 11.3 Å². The van der Waals surface area contributed by atoms with E-state index < -0.39 is 0 Å². The van der Waals surface area contributed by atoms with E-state index in [1.165, 1.54) is 6.07 Å². The summed E-state index contributed by atoms with van der Waals surface area (Å²) in [6.45, 7) is 7.45. The second-order valence-electron chi connectivity index (χ2n) is 4.32. The van der Waals surface area contributed by atoms with Crippen LogP contribution in [0.2, 0.25) is 0 Å². The number of piperazine rings is 1. The molecule has 1 atom stereocenters. The van der Waals surface area contributed by atoms with Crippen LogP contribution in [0.15, 0.2) is 30.9 Å². The van der Waals surface area contributed by atoms with Crippen LogP contribution in [0.25, 0.3) is 0 Å². The molecule has 0 saturated carbocycles. The van der Waals surface area contributed by atoms with E-state index in [-0.39, 0.29) is 24.3 Å². The van der Waals surface area contributed by atoms with E-state index in [2.05, 4.69) is 16.8 Å².